The van der Waals surface area contributed by atoms with Gasteiger partial charge in [-0.2, -0.15) is 0 Å². The quantitative estimate of drug-likeness (QED) is 0.356. The summed E-state index contributed by atoms with van der Waals surface area (Å²) in [6.45, 7) is 2.11. The van der Waals surface area contributed by atoms with Crippen molar-refractivity contribution in [2.75, 3.05) is 26.2 Å². The maximum atomic E-state index is 12.2. The molecule has 1 saturated heterocycles. The summed E-state index contributed by atoms with van der Waals surface area (Å²) >= 11 is 0. The van der Waals surface area contributed by atoms with Crippen LogP contribution in [0.15, 0.2) is 29.3 Å². The molecule has 1 unspecified atom stereocenters. The normalized spacial score (nSPS) is 17.0. The van der Waals surface area contributed by atoms with E-state index in [1.54, 1.807) is 12.1 Å². The van der Waals surface area contributed by atoms with Crippen LogP contribution in [0.25, 0.3) is 0 Å². The molecule has 1 atom stereocenters. The number of aliphatic imine (C=N–C) groups is 1. The summed E-state index contributed by atoms with van der Waals surface area (Å²) in [5.41, 5.74) is 6.87. The van der Waals surface area contributed by atoms with Crippen LogP contribution in [0, 0.1) is 5.92 Å². The highest BCUT2D eigenvalue weighted by atomic mass is 127. The molecule has 0 aliphatic carbocycles. The predicted octanol–water partition coefficient (Wildman–Crippen LogP) is 3.54. The summed E-state index contributed by atoms with van der Waals surface area (Å²) < 4.78 is 40.4. The first-order valence-electron chi connectivity index (χ1n) is 8.88. The van der Waals surface area contributed by atoms with Crippen LogP contribution >= 0.6 is 24.0 Å². The number of aliphatic hydroxyl groups is 1. The Morgan fingerprint density at radius 2 is 1.74 bits per heavy atom. The van der Waals surface area contributed by atoms with Crippen molar-refractivity contribution in [1.29, 1.82) is 0 Å². The molecule has 0 bridgehead atoms. The topological polar surface area (TPSA) is 71.1 Å². The molecule has 27 heavy (non-hydrogen) atoms. The Morgan fingerprint density at radius 1 is 1.15 bits per heavy atom. The van der Waals surface area contributed by atoms with Crippen molar-refractivity contribution < 1.29 is 23.0 Å². The van der Waals surface area contributed by atoms with E-state index in [0.29, 0.717) is 18.9 Å². The Morgan fingerprint density at radius 3 is 2.26 bits per heavy atom. The van der Waals surface area contributed by atoms with Crippen LogP contribution < -0.4 is 10.5 Å². The number of alkyl halides is 3. The van der Waals surface area contributed by atoms with Gasteiger partial charge in [-0.05, 0) is 37.0 Å². The van der Waals surface area contributed by atoms with E-state index in [2.05, 4.69) is 14.6 Å². The zero-order valence-corrected chi connectivity index (χ0v) is 17.5. The van der Waals surface area contributed by atoms with Crippen LogP contribution in [-0.2, 0) is 6.42 Å². The lowest BCUT2D eigenvalue weighted by Crippen LogP contribution is -2.38. The molecule has 5 nitrogen and oxygen atoms in total. The van der Waals surface area contributed by atoms with Crippen molar-refractivity contribution in [2.24, 2.45) is 16.6 Å². The molecular formula is C18H27F3IN3O2. The van der Waals surface area contributed by atoms with E-state index < -0.39 is 6.36 Å². The van der Waals surface area contributed by atoms with Crippen molar-refractivity contribution in [2.45, 2.75) is 38.5 Å². The van der Waals surface area contributed by atoms with E-state index in [-0.39, 0.29) is 42.3 Å². The third-order valence-corrected chi connectivity index (χ3v) is 4.38. The molecule has 1 aromatic rings. The minimum absolute atomic E-state index is 0. The average molecular weight is 501 g/mol. The van der Waals surface area contributed by atoms with Gasteiger partial charge in [-0.1, -0.05) is 25.0 Å². The van der Waals surface area contributed by atoms with Crippen molar-refractivity contribution in [1.82, 2.24) is 4.90 Å². The minimum Gasteiger partial charge on any atom is -0.406 e. The molecule has 0 saturated carbocycles. The van der Waals surface area contributed by atoms with E-state index in [4.69, 9.17) is 5.73 Å². The van der Waals surface area contributed by atoms with Crippen LogP contribution in [-0.4, -0.2) is 48.6 Å². The van der Waals surface area contributed by atoms with Gasteiger partial charge in [0.25, 0.3) is 0 Å². The molecule has 0 radical (unpaired) electrons. The van der Waals surface area contributed by atoms with Gasteiger partial charge in [0.05, 0.1) is 0 Å². The lowest BCUT2D eigenvalue weighted by atomic mass is 10.0. The summed E-state index contributed by atoms with van der Waals surface area (Å²) in [4.78, 5) is 6.48. The molecule has 2 rings (SSSR count). The van der Waals surface area contributed by atoms with Crippen LogP contribution in [0.3, 0.4) is 0 Å². The van der Waals surface area contributed by atoms with Gasteiger partial charge in [0.1, 0.15) is 5.75 Å². The highest BCUT2D eigenvalue weighted by Crippen LogP contribution is 2.23. The fourth-order valence-electron chi connectivity index (χ4n) is 2.97. The molecule has 1 fully saturated rings. The second-order valence-corrected chi connectivity index (χ2v) is 6.54. The van der Waals surface area contributed by atoms with E-state index in [1.807, 2.05) is 0 Å². The van der Waals surface area contributed by atoms with E-state index >= 15 is 0 Å². The number of aliphatic hydroxyl groups excluding tert-OH is 1. The Balaban J connectivity index is 0.00000364. The van der Waals surface area contributed by atoms with Crippen LogP contribution in [0.1, 0.15) is 31.2 Å². The van der Waals surface area contributed by atoms with Crippen molar-refractivity contribution >= 4 is 29.9 Å². The molecule has 0 spiro atoms. The molecule has 1 aliphatic heterocycles. The minimum atomic E-state index is -4.70. The second-order valence-electron chi connectivity index (χ2n) is 6.54. The third kappa shape index (κ3) is 9.00. The molecule has 1 aliphatic rings. The van der Waals surface area contributed by atoms with Crippen molar-refractivity contribution in [3.63, 3.8) is 0 Å². The number of hydrogen-bond acceptors (Lipinski definition) is 3. The Hall–Kier alpha value is -1.23. The number of likely N-dealkylation sites (tertiary alicyclic amines) is 1. The molecule has 1 aromatic carbocycles. The summed E-state index contributed by atoms with van der Waals surface area (Å²) in [7, 11) is 0. The zero-order chi connectivity index (χ0) is 19.0. The largest absolute Gasteiger partial charge is 0.573 e. The molecule has 9 heteroatoms. The lowest BCUT2D eigenvalue weighted by molar-refractivity contribution is -0.274. The summed E-state index contributed by atoms with van der Waals surface area (Å²) in [5.74, 6) is 0.0967. The molecule has 0 aromatic heterocycles. The smallest absolute Gasteiger partial charge is 0.406 e. The van der Waals surface area contributed by atoms with Gasteiger partial charge in [0.2, 0.25) is 0 Å². The van der Waals surface area contributed by atoms with Crippen molar-refractivity contribution in [3.8, 4) is 5.75 Å². The standard InChI is InChI=1S/C18H26F3N3O2.HI/c19-18(20,21)26-16-7-5-14(6-8-16)11-15(13-25)12-23-17(22)24-9-3-1-2-4-10-24;/h5-8,15,25H,1-4,9-13H2,(H2,22,23);1H. The van der Waals surface area contributed by atoms with Gasteiger partial charge in [-0.15, -0.1) is 37.1 Å². The van der Waals surface area contributed by atoms with Gasteiger partial charge in [-0.3, -0.25) is 4.99 Å². The summed E-state index contributed by atoms with van der Waals surface area (Å²) in [6, 6.07) is 5.66. The van der Waals surface area contributed by atoms with E-state index in [1.165, 1.54) is 25.0 Å². The number of benzene rings is 1. The van der Waals surface area contributed by atoms with Crippen LogP contribution in [0.5, 0.6) is 5.75 Å². The number of nitrogens with two attached hydrogens (primary N) is 1. The lowest BCUT2D eigenvalue weighted by Gasteiger charge is -2.22. The third-order valence-electron chi connectivity index (χ3n) is 4.38. The number of ether oxygens (including phenoxy) is 1. The van der Waals surface area contributed by atoms with Gasteiger partial charge >= 0.3 is 6.36 Å². The molecule has 3 N–H and O–H groups in total. The first-order valence-corrected chi connectivity index (χ1v) is 8.88. The molecule has 0 amide bonds. The number of hydrogen-bond donors (Lipinski definition) is 2. The average Bonchev–Trinajstić information content (AvgIpc) is 2.88. The van der Waals surface area contributed by atoms with E-state index in [0.717, 1.165) is 31.5 Å². The van der Waals surface area contributed by atoms with Crippen molar-refractivity contribution in [3.05, 3.63) is 29.8 Å². The monoisotopic (exact) mass is 501 g/mol. The van der Waals surface area contributed by atoms with E-state index in [9.17, 15) is 18.3 Å². The van der Waals surface area contributed by atoms with Gasteiger partial charge < -0.3 is 20.5 Å². The van der Waals surface area contributed by atoms with Crippen LogP contribution in [0.2, 0.25) is 0 Å². The zero-order valence-electron chi connectivity index (χ0n) is 15.1. The SMILES string of the molecule is I.NC(=NCC(CO)Cc1ccc(OC(F)(F)F)cc1)N1CCCCCC1. The number of rotatable bonds is 6. The highest BCUT2D eigenvalue weighted by molar-refractivity contribution is 14.0. The highest BCUT2D eigenvalue weighted by Gasteiger charge is 2.30. The summed E-state index contributed by atoms with van der Waals surface area (Å²) in [6.07, 6.45) is 0.417. The number of nitrogens with zero attached hydrogens (tertiary/aromatic N) is 2. The fraction of sp³-hybridized carbons (Fsp3) is 0.611. The Bertz CT molecular complexity index is 574. The summed E-state index contributed by atoms with van der Waals surface area (Å²) in [5, 5.41) is 9.57. The molecule has 154 valence electrons. The van der Waals surface area contributed by atoms with Crippen LogP contribution in [0.4, 0.5) is 13.2 Å². The maximum Gasteiger partial charge on any atom is 0.573 e. The number of guanidine groups is 1. The number of halogens is 4. The maximum absolute atomic E-state index is 12.2. The first kappa shape index (κ1) is 23.8. The molecule has 1 heterocycles. The van der Waals surface area contributed by atoms with Gasteiger partial charge in [0, 0.05) is 32.2 Å². The second kappa shape index (κ2) is 11.6. The van der Waals surface area contributed by atoms with Gasteiger partial charge in [0.15, 0.2) is 5.96 Å². The predicted molar refractivity (Wildman–Crippen MR) is 109 cm³/mol. The Kier molecular flexibility index (Phi) is 10.2. The Labute approximate surface area is 174 Å². The first-order chi connectivity index (χ1) is 12.4. The molecular weight excluding hydrogens is 474 g/mol. The fourth-order valence-corrected chi connectivity index (χ4v) is 2.97. The van der Waals surface area contributed by atoms with Gasteiger partial charge in [-0.25, -0.2) is 0 Å².